The molecule has 1 fully saturated rings. The van der Waals surface area contributed by atoms with Gasteiger partial charge in [-0.1, -0.05) is 12.1 Å². The quantitative estimate of drug-likeness (QED) is 0.724. The average Bonchev–Trinajstić information content (AvgIpc) is 3.04. The monoisotopic (exact) mass is 387 g/mol. The molecule has 0 saturated carbocycles. The lowest BCUT2D eigenvalue weighted by atomic mass is 9.86. The summed E-state index contributed by atoms with van der Waals surface area (Å²) in [5.74, 6) is -1.60. The Morgan fingerprint density at radius 2 is 1.96 bits per heavy atom. The summed E-state index contributed by atoms with van der Waals surface area (Å²) in [5.41, 5.74) is -0.772. The van der Waals surface area contributed by atoms with Crippen LogP contribution in [0.4, 0.5) is 13.2 Å². The number of carbonyl (C=O) groups excluding carboxylic acids is 1. The van der Waals surface area contributed by atoms with Crippen LogP contribution < -0.4 is 4.74 Å². The number of amides is 1. The number of aryl methyl sites for hydroxylation is 2. The van der Waals surface area contributed by atoms with Crippen molar-refractivity contribution < 1.29 is 32.6 Å². The van der Waals surface area contributed by atoms with Crippen LogP contribution in [0.25, 0.3) is 0 Å². The lowest BCUT2D eigenvalue weighted by Crippen LogP contribution is -2.47. The summed E-state index contributed by atoms with van der Waals surface area (Å²) < 4.78 is 45.1. The van der Waals surface area contributed by atoms with Crippen LogP contribution in [0.5, 0.6) is 5.75 Å². The highest BCUT2D eigenvalue weighted by atomic mass is 19.4. The van der Waals surface area contributed by atoms with Crippen molar-refractivity contribution in [2.75, 3.05) is 19.7 Å². The number of hydrogen-bond donors (Lipinski definition) is 1. The summed E-state index contributed by atoms with van der Waals surface area (Å²) >= 11 is 0. The Balaban J connectivity index is 1.78. The van der Waals surface area contributed by atoms with Gasteiger partial charge in [-0.05, 0) is 50.3 Å². The fourth-order valence-corrected chi connectivity index (χ4v) is 3.13. The number of benzene rings is 1. The van der Waals surface area contributed by atoms with E-state index in [9.17, 15) is 22.8 Å². The minimum Gasteiger partial charge on any atom is -0.493 e. The van der Waals surface area contributed by atoms with Crippen LogP contribution in [0, 0.1) is 19.3 Å². The van der Waals surface area contributed by atoms with Gasteiger partial charge in [-0.15, -0.1) is 0 Å². The van der Waals surface area contributed by atoms with Gasteiger partial charge in [0.1, 0.15) is 5.75 Å². The molecular weight excluding hydrogens is 363 g/mol. The Kier molecular flexibility index (Phi) is 6.38. The summed E-state index contributed by atoms with van der Waals surface area (Å²) in [6.07, 6.45) is -4.37. The number of carbonyl (C=O) groups is 2. The summed E-state index contributed by atoms with van der Waals surface area (Å²) in [6, 6.07) is 5.86. The Labute approximate surface area is 156 Å². The number of ether oxygens (including phenoxy) is 1. The van der Waals surface area contributed by atoms with Crippen LogP contribution in [0.3, 0.4) is 0 Å². The number of likely N-dealkylation sites (tertiary alicyclic amines) is 1. The largest absolute Gasteiger partial charge is 0.493 e. The lowest BCUT2D eigenvalue weighted by molar-refractivity contribution is -0.227. The maximum atomic E-state index is 13.1. The maximum Gasteiger partial charge on any atom is 0.406 e. The van der Waals surface area contributed by atoms with Crippen molar-refractivity contribution in [3.8, 4) is 5.75 Å². The van der Waals surface area contributed by atoms with Crippen LogP contribution in [0.15, 0.2) is 18.2 Å². The van der Waals surface area contributed by atoms with Gasteiger partial charge in [-0.25, -0.2) is 0 Å². The Bertz CT molecular complexity index is 705. The first-order chi connectivity index (χ1) is 12.6. The number of rotatable bonds is 7. The van der Waals surface area contributed by atoms with E-state index in [2.05, 4.69) is 0 Å². The van der Waals surface area contributed by atoms with Crippen molar-refractivity contribution in [1.82, 2.24) is 4.90 Å². The SMILES string of the molecule is Cc1ccc(C)c(OCCCCC(=O)N2CCC(C(=O)O)(C(F)(F)F)C2)c1. The molecule has 1 aromatic rings. The smallest absolute Gasteiger partial charge is 0.406 e. The van der Waals surface area contributed by atoms with E-state index in [-0.39, 0.29) is 13.0 Å². The molecule has 0 aromatic heterocycles. The molecule has 0 spiro atoms. The van der Waals surface area contributed by atoms with Crippen molar-refractivity contribution >= 4 is 11.9 Å². The molecule has 1 amide bonds. The number of carboxylic acid groups (broad SMARTS) is 1. The van der Waals surface area contributed by atoms with Crippen LogP contribution in [-0.4, -0.2) is 47.8 Å². The molecule has 1 heterocycles. The predicted molar refractivity (Wildman–Crippen MR) is 92.6 cm³/mol. The third-order valence-electron chi connectivity index (χ3n) is 4.96. The van der Waals surface area contributed by atoms with Gasteiger partial charge in [0.2, 0.25) is 5.91 Å². The van der Waals surface area contributed by atoms with E-state index in [1.165, 1.54) is 0 Å². The molecule has 1 saturated heterocycles. The third-order valence-corrected chi connectivity index (χ3v) is 4.96. The molecule has 1 aliphatic rings. The molecule has 0 radical (unpaired) electrons. The minimum absolute atomic E-state index is 0.0731. The van der Waals surface area contributed by atoms with Gasteiger partial charge in [0.05, 0.1) is 6.61 Å². The number of hydrogen-bond acceptors (Lipinski definition) is 3. The predicted octanol–water partition coefficient (Wildman–Crippen LogP) is 3.72. The number of alkyl halides is 3. The Hall–Kier alpha value is -2.25. The molecule has 27 heavy (non-hydrogen) atoms. The molecule has 8 heteroatoms. The molecule has 5 nitrogen and oxygen atoms in total. The van der Waals surface area contributed by atoms with E-state index >= 15 is 0 Å². The third kappa shape index (κ3) is 4.73. The fourth-order valence-electron chi connectivity index (χ4n) is 3.13. The highest BCUT2D eigenvalue weighted by molar-refractivity contribution is 5.81. The first kappa shape index (κ1) is 21.1. The first-order valence-corrected chi connectivity index (χ1v) is 8.85. The molecule has 1 N–H and O–H groups in total. The van der Waals surface area contributed by atoms with E-state index in [4.69, 9.17) is 9.84 Å². The van der Waals surface area contributed by atoms with Gasteiger partial charge < -0.3 is 14.7 Å². The lowest BCUT2D eigenvalue weighted by Gasteiger charge is -2.27. The normalized spacial score (nSPS) is 20.0. The van der Waals surface area contributed by atoms with Crippen LogP contribution in [0.2, 0.25) is 0 Å². The second kappa shape index (κ2) is 8.19. The minimum atomic E-state index is -4.88. The van der Waals surface area contributed by atoms with Gasteiger partial charge in [0.25, 0.3) is 0 Å². The zero-order chi connectivity index (χ0) is 20.2. The van der Waals surface area contributed by atoms with Gasteiger partial charge >= 0.3 is 12.1 Å². The topological polar surface area (TPSA) is 66.8 Å². The van der Waals surface area contributed by atoms with Crippen LogP contribution in [0.1, 0.15) is 36.8 Å². The molecule has 0 bridgehead atoms. The van der Waals surface area contributed by atoms with E-state index in [0.29, 0.717) is 19.4 Å². The first-order valence-electron chi connectivity index (χ1n) is 8.85. The van der Waals surface area contributed by atoms with E-state index in [1.807, 2.05) is 32.0 Å². The molecule has 1 atom stereocenters. The maximum absolute atomic E-state index is 13.1. The summed E-state index contributed by atoms with van der Waals surface area (Å²) in [5, 5.41) is 9.02. The molecule has 1 aromatic carbocycles. The van der Waals surface area contributed by atoms with Gasteiger partial charge in [-0.3, -0.25) is 9.59 Å². The van der Waals surface area contributed by atoms with Gasteiger partial charge in [0, 0.05) is 19.5 Å². The molecule has 0 aliphatic carbocycles. The van der Waals surface area contributed by atoms with Crippen molar-refractivity contribution in [3.05, 3.63) is 29.3 Å². The Morgan fingerprint density at radius 3 is 2.56 bits per heavy atom. The van der Waals surface area contributed by atoms with Crippen LogP contribution in [-0.2, 0) is 9.59 Å². The zero-order valence-corrected chi connectivity index (χ0v) is 15.4. The van der Waals surface area contributed by atoms with E-state index in [0.717, 1.165) is 21.8 Å². The van der Waals surface area contributed by atoms with Crippen molar-refractivity contribution in [2.24, 2.45) is 5.41 Å². The Morgan fingerprint density at radius 1 is 1.26 bits per heavy atom. The van der Waals surface area contributed by atoms with E-state index < -0.39 is 36.4 Å². The molecule has 1 unspecified atom stereocenters. The number of halogens is 3. The van der Waals surface area contributed by atoms with Crippen molar-refractivity contribution in [3.63, 3.8) is 0 Å². The second-order valence-corrected chi connectivity index (χ2v) is 7.02. The number of carboxylic acids is 1. The molecular formula is C19H24F3NO4. The number of aliphatic carboxylic acids is 1. The number of unbranched alkanes of at least 4 members (excludes halogenated alkanes) is 1. The van der Waals surface area contributed by atoms with Crippen molar-refractivity contribution in [1.29, 1.82) is 0 Å². The summed E-state index contributed by atoms with van der Waals surface area (Å²) in [6.45, 7) is 3.28. The summed E-state index contributed by atoms with van der Waals surface area (Å²) in [7, 11) is 0. The molecule has 1 aliphatic heterocycles. The van der Waals surface area contributed by atoms with Crippen molar-refractivity contribution in [2.45, 2.75) is 45.7 Å². The average molecular weight is 387 g/mol. The highest BCUT2D eigenvalue weighted by Crippen LogP contribution is 2.45. The highest BCUT2D eigenvalue weighted by Gasteiger charge is 2.64. The number of nitrogens with zero attached hydrogens (tertiary/aromatic N) is 1. The summed E-state index contributed by atoms with van der Waals surface area (Å²) in [4.78, 5) is 24.3. The van der Waals surface area contributed by atoms with E-state index in [1.54, 1.807) is 0 Å². The van der Waals surface area contributed by atoms with Crippen LogP contribution >= 0.6 is 0 Å². The van der Waals surface area contributed by atoms with Gasteiger partial charge in [0.15, 0.2) is 5.41 Å². The molecule has 2 rings (SSSR count). The second-order valence-electron chi connectivity index (χ2n) is 7.02. The fraction of sp³-hybridized carbons (Fsp3) is 0.579. The molecule has 150 valence electrons. The van der Waals surface area contributed by atoms with Gasteiger partial charge in [-0.2, -0.15) is 13.2 Å². The zero-order valence-electron chi connectivity index (χ0n) is 15.4. The standard InChI is InChI=1S/C19H24F3NO4/c1-13-6-7-14(2)15(11-13)27-10-4-3-5-16(24)23-9-8-18(12-23,17(25)26)19(20,21)22/h6-7,11H,3-5,8-10,12H2,1-2H3,(H,25,26).